The van der Waals surface area contributed by atoms with Gasteiger partial charge in [-0.05, 0) is 32.7 Å². The number of imidazole rings is 1. The average molecular weight is 276 g/mol. The molecule has 102 valence electrons. The van der Waals surface area contributed by atoms with Crippen LogP contribution in [0.25, 0.3) is 0 Å². The monoisotopic (exact) mass is 276 g/mol. The zero-order valence-electron chi connectivity index (χ0n) is 11.5. The Morgan fingerprint density at radius 1 is 1.53 bits per heavy atom. The van der Waals surface area contributed by atoms with Crippen molar-refractivity contribution in [3.63, 3.8) is 0 Å². The second-order valence-corrected chi connectivity index (χ2v) is 6.06. The standard InChI is InChI=1S/C14H20N4S/c1-3-6-16-13(14-17-10(2)8-19-14)12-7-15-9-18(12)11-4-5-11/h7-9,11,13,16H,3-6H2,1-2H3. The molecule has 2 aromatic heterocycles. The molecule has 5 heteroatoms. The topological polar surface area (TPSA) is 42.7 Å². The minimum absolute atomic E-state index is 0.182. The highest BCUT2D eigenvalue weighted by molar-refractivity contribution is 7.09. The summed E-state index contributed by atoms with van der Waals surface area (Å²) in [6, 6.07) is 0.839. The Bertz CT molecular complexity index is 541. The summed E-state index contributed by atoms with van der Waals surface area (Å²) < 4.78 is 2.32. The van der Waals surface area contributed by atoms with Crippen LogP contribution in [0.3, 0.4) is 0 Å². The molecule has 1 aliphatic rings. The molecule has 1 N–H and O–H groups in total. The first-order valence-electron chi connectivity index (χ1n) is 6.96. The third kappa shape index (κ3) is 2.72. The van der Waals surface area contributed by atoms with E-state index in [1.807, 2.05) is 12.5 Å². The second kappa shape index (κ2) is 5.43. The molecule has 19 heavy (non-hydrogen) atoms. The van der Waals surface area contributed by atoms with E-state index < -0.39 is 0 Å². The van der Waals surface area contributed by atoms with Crippen LogP contribution in [0.4, 0.5) is 0 Å². The van der Waals surface area contributed by atoms with Crippen molar-refractivity contribution in [1.82, 2.24) is 19.9 Å². The van der Waals surface area contributed by atoms with E-state index in [4.69, 9.17) is 0 Å². The molecule has 0 radical (unpaired) electrons. The summed E-state index contributed by atoms with van der Waals surface area (Å²) in [5.41, 5.74) is 2.35. The molecule has 1 aliphatic carbocycles. The van der Waals surface area contributed by atoms with Gasteiger partial charge in [-0.3, -0.25) is 0 Å². The van der Waals surface area contributed by atoms with Crippen molar-refractivity contribution in [2.24, 2.45) is 0 Å². The Labute approximate surface area is 117 Å². The first-order chi connectivity index (χ1) is 9.29. The smallest absolute Gasteiger partial charge is 0.116 e. The van der Waals surface area contributed by atoms with Crippen LogP contribution in [0.1, 0.15) is 54.7 Å². The van der Waals surface area contributed by atoms with Crippen LogP contribution in [0.2, 0.25) is 0 Å². The summed E-state index contributed by atoms with van der Waals surface area (Å²) in [4.78, 5) is 9.00. The zero-order chi connectivity index (χ0) is 13.2. The third-order valence-electron chi connectivity index (χ3n) is 3.41. The number of thiazole rings is 1. The predicted molar refractivity (Wildman–Crippen MR) is 77.5 cm³/mol. The van der Waals surface area contributed by atoms with Crippen molar-refractivity contribution in [2.45, 2.75) is 45.2 Å². The van der Waals surface area contributed by atoms with Gasteiger partial charge >= 0.3 is 0 Å². The Kier molecular flexibility index (Phi) is 3.66. The molecule has 0 aliphatic heterocycles. The molecule has 0 saturated heterocycles. The lowest BCUT2D eigenvalue weighted by Crippen LogP contribution is -2.25. The summed E-state index contributed by atoms with van der Waals surface area (Å²) in [7, 11) is 0. The van der Waals surface area contributed by atoms with Gasteiger partial charge in [-0.1, -0.05) is 6.92 Å². The van der Waals surface area contributed by atoms with Crippen molar-refractivity contribution >= 4 is 11.3 Å². The summed E-state index contributed by atoms with van der Waals surface area (Å²) >= 11 is 1.73. The number of nitrogens with one attached hydrogen (secondary N) is 1. The van der Waals surface area contributed by atoms with Gasteiger partial charge in [-0.25, -0.2) is 9.97 Å². The highest BCUT2D eigenvalue weighted by Gasteiger charge is 2.29. The summed E-state index contributed by atoms with van der Waals surface area (Å²) in [5.74, 6) is 0. The largest absolute Gasteiger partial charge is 0.330 e. The van der Waals surface area contributed by atoms with Crippen LogP contribution < -0.4 is 5.32 Å². The minimum atomic E-state index is 0.182. The molecule has 0 spiro atoms. The van der Waals surface area contributed by atoms with Gasteiger partial charge in [0.25, 0.3) is 0 Å². The molecule has 1 saturated carbocycles. The normalized spacial score (nSPS) is 16.7. The number of nitrogens with zero attached hydrogens (tertiary/aromatic N) is 3. The first kappa shape index (κ1) is 12.8. The van der Waals surface area contributed by atoms with Crippen LogP contribution >= 0.6 is 11.3 Å². The number of rotatable bonds is 6. The van der Waals surface area contributed by atoms with E-state index in [0.717, 1.165) is 23.7 Å². The second-order valence-electron chi connectivity index (χ2n) is 5.17. The van der Waals surface area contributed by atoms with E-state index in [-0.39, 0.29) is 6.04 Å². The van der Waals surface area contributed by atoms with Crippen LogP contribution in [0.5, 0.6) is 0 Å². The molecule has 1 atom stereocenters. The molecule has 0 aromatic carbocycles. The fourth-order valence-electron chi connectivity index (χ4n) is 2.31. The van der Waals surface area contributed by atoms with Gasteiger partial charge in [0.2, 0.25) is 0 Å². The third-order valence-corrected chi connectivity index (χ3v) is 4.44. The number of hydrogen-bond donors (Lipinski definition) is 1. The lowest BCUT2D eigenvalue weighted by molar-refractivity contribution is 0.549. The van der Waals surface area contributed by atoms with Crippen LogP contribution in [-0.4, -0.2) is 21.1 Å². The van der Waals surface area contributed by atoms with Crippen molar-refractivity contribution in [1.29, 1.82) is 0 Å². The summed E-state index contributed by atoms with van der Waals surface area (Å²) in [6.07, 6.45) is 7.64. The van der Waals surface area contributed by atoms with E-state index in [1.54, 1.807) is 11.3 Å². The quantitative estimate of drug-likeness (QED) is 0.881. The zero-order valence-corrected chi connectivity index (χ0v) is 12.3. The number of hydrogen-bond acceptors (Lipinski definition) is 4. The van der Waals surface area contributed by atoms with Crippen LogP contribution in [0.15, 0.2) is 17.9 Å². The average Bonchev–Trinajstić information content (AvgIpc) is 2.98. The highest BCUT2D eigenvalue weighted by atomic mass is 32.1. The maximum Gasteiger partial charge on any atom is 0.116 e. The Morgan fingerprint density at radius 2 is 2.37 bits per heavy atom. The maximum absolute atomic E-state index is 4.66. The van der Waals surface area contributed by atoms with Crippen LogP contribution in [0, 0.1) is 6.92 Å². The Hall–Kier alpha value is -1.20. The van der Waals surface area contributed by atoms with Gasteiger partial charge in [0.15, 0.2) is 0 Å². The van der Waals surface area contributed by atoms with Gasteiger partial charge in [0, 0.05) is 17.1 Å². The van der Waals surface area contributed by atoms with Gasteiger partial charge in [-0.2, -0.15) is 0 Å². The summed E-state index contributed by atoms with van der Waals surface area (Å²) in [6.45, 7) is 5.24. The lowest BCUT2D eigenvalue weighted by atomic mass is 10.2. The van der Waals surface area contributed by atoms with Crippen molar-refractivity contribution < 1.29 is 0 Å². The van der Waals surface area contributed by atoms with Crippen molar-refractivity contribution in [3.05, 3.63) is 34.3 Å². The van der Waals surface area contributed by atoms with E-state index >= 15 is 0 Å². The first-order valence-corrected chi connectivity index (χ1v) is 7.84. The molecule has 0 bridgehead atoms. The van der Waals surface area contributed by atoms with E-state index in [9.17, 15) is 0 Å². The molecule has 1 fully saturated rings. The molecule has 1 unspecified atom stereocenters. The molecular weight excluding hydrogens is 256 g/mol. The van der Waals surface area contributed by atoms with Crippen molar-refractivity contribution in [2.75, 3.05) is 6.54 Å². The molecule has 2 aromatic rings. The van der Waals surface area contributed by atoms with Gasteiger partial charge < -0.3 is 9.88 Å². The van der Waals surface area contributed by atoms with Crippen LogP contribution in [-0.2, 0) is 0 Å². The fraction of sp³-hybridized carbons (Fsp3) is 0.571. The lowest BCUT2D eigenvalue weighted by Gasteiger charge is -2.18. The fourth-order valence-corrected chi connectivity index (χ4v) is 3.19. The van der Waals surface area contributed by atoms with E-state index in [0.29, 0.717) is 6.04 Å². The highest BCUT2D eigenvalue weighted by Crippen LogP contribution is 2.38. The van der Waals surface area contributed by atoms with E-state index in [2.05, 4.69) is 39.1 Å². The molecule has 4 nitrogen and oxygen atoms in total. The van der Waals surface area contributed by atoms with Crippen molar-refractivity contribution in [3.8, 4) is 0 Å². The van der Waals surface area contributed by atoms with E-state index in [1.165, 1.54) is 18.5 Å². The molecular formula is C14H20N4S. The van der Waals surface area contributed by atoms with Gasteiger partial charge in [0.05, 0.1) is 18.2 Å². The minimum Gasteiger partial charge on any atom is -0.330 e. The predicted octanol–water partition coefficient (Wildman–Crippen LogP) is 3.07. The Balaban J connectivity index is 1.91. The molecule has 0 amide bonds. The summed E-state index contributed by atoms with van der Waals surface area (Å²) in [5, 5.41) is 6.88. The van der Waals surface area contributed by atoms with Gasteiger partial charge in [-0.15, -0.1) is 11.3 Å². The molecule has 3 rings (SSSR count). The number of aryl methyl sites for hydroxylation is 1. The maximum atomic E-state index is 4.66. The Morgan fingerprint density at radius 3 is 3.00 bits per heavy atom. The SMILES string of the molecule is CCCNC(c1nc(C)cs1)c1cncn1C1CC1. The molecule has 2 heterocycles. The number of aromatic nitrogens is 3. The van der Waals surface area contributed by atoms with Gasteiger partial charge in [0.1, 0.15) is 11.0 Å².